The van der Waals surface area contributed by atoms with Gasteiger partial charge in [-0.3, -0.25) is 4.79 Å². The molecule has 0 spiro atoms. The fourth-order valence-electron chi connectivity index (χ4n) is 3.56. The van der Waals surface area contributed by atoms with Crippen LogP contribution in [0.3, 0.4) is 0 Å². The number of likely N-dealkylation sites (tertiary alicyclic amines) is 1. The number of benzene rings is 2. The molecule has 1 fully saturated rings. The quantitative estimate of drug-likeness (QED) is 0.633. The zero-order chi connectivity index (χ0) is 17.9. The minimum atomic E-state index is -2.04. The Kier molecular flexibility index (Phi) is 4.93. The number of esters is 1. The lowest BCUT2D eigenvalue weighted by Crippen LogP contribution is -2.55. The summed E-state index contributed by atoms with van der Waals surface area (Å²) in [6.45, 7) is 1.80. The molecule has 4 nitrogen and oxygen atoms in total. The molecule has 2 aromatic rings. The van der Waals surface area contributed by atoms with Crippen LogP contribution in [0.5, 0.6) is 0 Å². The minimum absolute atomic E-state index is 0.211. The third kappa shape index (κ3) is 3.75. The monoisotopic (exact) mass is 339 g/mol. The summed E-state index contributed by atoms with van der Waals surface area (Å²) < 4.78 is 6.54. The van der Waals surface area contributed by atoms with Crippen molar-refractivity contribution < 1.29 is 19.1 Å². The van der Waals surface area contributed by atoms with Crippen molar-refractivity contribution in [3.05, 3.63) is 71.8 Å². The lowest BCUT2D eigenvalue weighted by molar-refractivity contribution is -0.898. The van der Waals surface area contributed by atoms with Gasteiger partial charge in [-0.2, -0.15) is 0 Å². The molecular formula is C21H25NO3. The van der Waals surface area contributed by atoms with Gasteiger partial charge in [-0.1, -0.05) is 60.7 Å². The molecule has 0 amide bonds. The highest BCUT2D eigenvalue weighted by atomic mass is 16.6. The molecular weight excluding hydrogens is 314 g/mol. The van der Waals surface area contributed by atoms with Crippen LogP contribution >= 0.6 is 0 Å². The highest BCUT2D eigenvalue weighted by molar-refractivity contribution is 5.85. The maximum Gasteiger partial charge on any atom is 0.304 e. The van der Waals surface area contributed by atoms with Crippen molar-refractivity contribution in [1.29, 1.82) is 0 Å². The van der Waals surface area contributed by atoms with Gasteiger partial charge in [0, 0.05) is 12.0 Å². The number of piperidine rings is 1. The number of hydrogen-bond donors (Lipinski definition) is 0. The second-order valence-electron chi connectivity index (χ2n) is 7.42. The zero-order valence-corrected chi connectivity index (χ0v) is 14.9. The van der Waals surface area contributed by atoms with Gasteiger partial charge in [0.25, 0.3) is 0 Å². The number of nitrogens with zero attached hydrogens (tertiary/aromatic N) is 1. The molecule has 4 heteroatoms. The molecule has 0 aliphatic carbocycles. The van der Waals surface area contributed by atoms with Gasteiger partial charge in [0.15, 0.2) is 6.10 Å². The fourth-order valence-corrected chi connectivity index (χ4v) is 3.56. The van der Waals surface area contributed by atoms with Crippen LogP contribution in [0.25, 0.3) is 0 Å². The van der Waals surface area contributed by atoms with E-state index in [1.54, 1.807) is 48.5 Å². The molecule has 1 aliphatic rings. The first-order valence-corrected chi connectivity index (χ1v) is 8.76. The first-order chi connectivity index (χ1) is 11.9. The summed E-state index contributed by atoms with van der Waals surface area (Å²) in [5, 5.41) is 13.8. The average molecular weight is 339 g/mol. The molecule has 0 N–H and O–H groups in total. The smallest absolute Gasteiger partial charge is 0.304 e. The Labute approximate surface area is 149 Å². The van der Waals surface area contributed by atoms with Crippen LogP contribution in [0.4, 0.5) is 0 Å². The van der Waals surface area contributed by atoms with Crippen molar-refractivity contribution in [3.8, 4) is 0 Å². The Balaban J connectivity index is 1.91. The number of carbonyl (C=O) groups excluding carboxylic acids is 1. The number of likely N-dealkylation sites (N-methyl/N-ethyl adjacent to an activating group) is 1. The van der Waals surface area contributed by atoms with E-state index in [-0.39, 0.29) is 6.10 Å². The third-order valence-electron chi connectivity index (χ3n) is 4.91. The summed E-state index contributed by atoms with van der Waals surface area (Å²) in [5.74, 6) is -0.711. The molecule has 0 aromatic heterocycles. The van der Waals surface area contributed by atoms with Gasteiger partial charge in [0.05, 0.1) is 20.6 Å². The van der Waals surface area contributed by atoms with Crippen molar-refractivity contribution >= 4 is 5.97 Å². The molecule has 1 unspecified atom stereocenters. The molecule has 2 aromatic carbocycles. The molecule has 1 aliphatic heterocycles. The van der Waals surface area contributed by atoms with Gasteiger partial charge in [0.1, 0.15) is 6.54 Å². The van der Waals surface area contributed by atoms with Gasteiger partial charge in [-0.25, -0.2) is 0 Å². The average Bonchev–Trinajstić information content (AvgIpc) is 2.61. The van der Waals surface area contributed by atoms with Gasteiger partial charge in [-0.05, 0) is 17.5 Å². The highest BCUT2D eigenvalue weighted by Gasteiger charge is 2.36. The molecule has 132 valence electrons. The van der Waals surface area contributed by atoms with Crippen LogP contribution in [-0.4, -0.2) is 43.7 Å². The molecule has 0 bridgehead atoms. The lowest BCUT2D eigenvalue weighted by Gasteiger charge is -2.42. The van der Waals surface area contributed by atoms with E-state index in [0.717, 1.165) is 30.4 Å². The topological polar surface area (TPSA) is 49.4 Å². The van der Waals surface area contributed by atoms with Crippen molar-refractivity contribution in [2.75, 3.05) is 27.2 Å². The summed E-state index contributed by atoms with van der Waals surface area (Å²) in [6.07, 6.45) is 1.59. The number of rotatable bonds is 4. The van der Waals surface area contributed by atoms with Crippen molar-refractivity contribution in [3.63, 3.8) is 0 Å². The summed E-state index contributed by atoms with van der Waals surface area (Å²) >= 11 is 0. The van der Waals surface area contributed by atoms with E-state index in [4.69, 9.17) is 4.74 Å². The molecule has 0 saturated carbocycles. The summed E-state index contributed by atoms with van der Waals surface area (Å²) in [6, 6.07) is 17.6. The maximum atomic E-state index is 13.8. The van der Waals surface area contributed by atoms with Crippen molar-refractivity contribution in [1.82, 2.24) is 0 Å². The van der Waals surface area contributed by atoms with E-state index in [1.807, 2.05) is 12.1 Å². The molecule has 1 heterocycles. The van der Waals surface area contributed by atoms with Crippen LogP contribution in [0.1, 0.15) is 24.0 Å². The van der Waals surface area contributed by atoms with E-state index < -0.39 is 11.6 Å². The van der Waals surface area contributed by atoms with Gasteiger partial charge < -0.3 is 14.3 Å². The van der Waals surface area contributed by atoms with Crippen molar-refractivity contribution in [2.24, 2.45) is 0 Å². The Morgan fingerprint density at radius 2 is 1.56 bits per heavy atom. The number of carbonyl (C=O) groups is 1. The largest absolute Gasteiger partial charge is 0.834 e. The number of hydrogen-bond acceptors (Lipinski definition) is 3. The molecule has 3 rings (SSSR count). The molecule has 1 saturated heterocycles. The lowest BCUT2D eigenvalue weighted by atomic mass is 9.86. The fraction of sp³-hybridized carbons (Fsp3) is 0.381. The SMILES string of the molecule is C[N+]1(C)CCCC(OC(=O)C([O-])(c2ccccc2)c2ccccc2)C1. The highest BCUT2D eigenvalue weighted by Crippen LogP contribution is 2.29. The molecule has 25 heavy (non-hydrogen) atoms. The van der Waals surface area contributed by atoms with Gasteiger partial charge in [0.2, 0.25) is 0 Å². The van der Waals surface area contributed by atoms with E-state index in [9.17, 15) is 9.90 Å². The van der Waals surface area contributed by atoms with E-state index >= 15 is 0 Å². The normalized spacial score (nSPS) is 20.0. The van der Waals surface area contributed by atoms with Crippen molar-refractivity contribution in [2.45, 2.75) is 24.5 Å². The number of quaternary nitrogens is 1. The summed E-state index contributed by atoms with van der Waals surface area (Å²) in [5.41, 5.74) is -1.22. The third-order valence-corrected chi connectivity index (χ3v) is 4.91. The maximum absolute atomic E-state index is 13.8. The summed E-state index contributed by atoms with van der Waals surface area (Å²) in [4.78, 5) is 13.0. The van der Waals surface area contributed by atoms with Crippen LogP contribution in [-0.2, 0) is 15.1 Å². The van der Waals surface area contributed by atoms with Crippen LogP contribution in [0, 0.1) is 0 Å². The second-order valence-corrected chi connectivity index (χ2v) is 7.42. The minimum Gasteiger partial charge on any atom is -0.834 e. The van der Waals surface area contributed by atoms with Crippen LogP contribution in [0.2, 0.25) is 0 Å². The van der Waals surface area contributed by atoms with E-state index in [0.29, 0.717) is 11.1 Å². The Hall–Kier alpha value is -2.17. The van der Waals surface area contributed by atoms with Gasteiger partial charge in [-0.15, -0.1) is 0 Å². The second kappa shape index (κ2) is 6.98. The van der Waals surface area contributed by atoms with E-state index in [1.165, 1.54) is 0 Å². The zero-order valence-electron chi connectivity index (χ0n) is 14.9. The Morgan fingerprint density at radius 1 is 1.04 bits per heavy atom. The summed E-state index contributed by atoms with van der Waals surface area (Å²) in [7, 11) is 4.25. The molecule has 1 atom stereocenters. The first-order valence-electron chi connectivity index (χ1n) is 8.76. The predicted molar refractivity (Wildman–Crippen MR) is 94.6 cm³/mol. The number of ether oxygens (including phenoxy) is 1. The van der Waals surface area contributed by atoms with Crippen LogP contribution < -0.4 is 5.11 Å². The van der Waals surface area contributed by atoms with Crippen LogP contribution in [0.15, 0.2) is 60.7 Å². The van der Waals surface area contributed by atoms with Gasteiger partial charge >= 0.3 is 5.97 Å². The van der Waals surface area contributed by atoms with E-state index in [2.05, 4.69) is 14.1 Å². The standard InChI is InChI=1S/C21H25NO3/c1-22(2)15-9-14-19(16-22)25-20(23)21(24,17-10-5-3-6-11-17)18-12-7-4-8-13-18/h3-8,10-13,19H,9,14-16H2,1-2H3. The molecule has 0 radical (unpaired) electrons. The predicted octanol–water partition coefficient (Wildman–Crippen LogP) is 2.07. The Bertz CT molecular complexity index is 673. The first kappa shape index (κ1) is 17.6. The Morgan fingerprint density at radius 3 is 2.04 bits per heavy atom.